The number of amides is 1. The van der Waals surface area contributed by atoms with E-state index in [0.717, 1.165) is 25.9 Å². The van der Waals surface area contributed by atoms with Gasteiger partial charge in [0.1, 0.15) is 5.82 Å². The molecule has 0 unspecified atom stereocenters. The molecule has 108 valence electrons. The summed E-state index contributed by atoms with van der Waals surface area (Å²) in [5.41, 5.74) is 0.191. The van der Waals surface area contributed by atoms with E-state index < -0.39 is 5.97 Å². The number of hydrogen-bond donors (Lipinski definition) is 1. The van der Waals surface area contributed by atoms with Crippen molar-refractivity contribution in [1.29, 1.82) is 0 Å². The van der Waals surface area contributed by atoms with Gasteiger partial charge in [-0.2, -0.15) is 0 Å². The van der Waals surface area contributed by atoms with Crippen LogP contribution in [-0.4, -0.2) is 49.1 Å². The molecule has 1 saturated heterocycles. The summed E-state index contributed by atoms with van der Waals surface area (Å²) in [7, 11) is 2.97. The molecule has 7 nitrogen and oxygen atoms in total. The van der Waals surface area contributed by atoms with Gasteiger partial charge in [0.15, 0.2) is 5.69 Å². The van der Waals surface area contributed by atoms with Crippen molar-refractivity contribution in [2.75, 3.05) is 32.1 Å². The molecule has 1 aliphatic heterocycles. The van der Waals surface area contributed by atoms with Crippen molar-refractivity contribution < 1.29 is 14.3 Å². The minimum Gasteiger partial charge on any atom is -0.464 e. The smallest absolute Gasteiger partial charge is 0.358 e. The van der Waals surface area contributed by atoms with Crippen LogP contribution in [0, 0.1) is 5.92 Å². The van der Waals surface area contributed by atoms with Gasteiger partial charge in [-0.3, -0.25) is 4.79 Å². The van der Waals surface area contributed by atoms with Gasteiger partial charge in [-0.15, -0.1) is 0 Å². The standard InChI is InChI=1S/C13H18N4O3/c1-14-12(18)9-3-5-17(6-4-9)11-8-15-10(7-16-11)13(19)20-2/h7-9H,3-6H2,1-2H3,(H,14,18). The second-order valence-corrected chi connectivity index (χ2v) is 4.63. The van der Waals surface area contributed by atoms with Crippen LogP contribution in [0.2, 0.25) is 0 Å². The molecule has 20 heavy (non-hydrogen) atoms. The Morgan fingerprint density at radius 2 is 2.00 bits per heavy atom. The largest absolute Gasteiger partial charge is 0.464 e. The van der Waals surface area contributed by atoms with Crippen molar-refractivity contribution in [1.82, 2.24) is 15.3 Å². The van der Waals surface area contributed by atoms with Crippen LogP contribution in [0.25, 0.3) is 0 Å². The van der Waals surface area contributed by atoms with E-state index in [0.29, 0.717) is 5.82 Å². The normalized spacial score (nSPS) is 15.8. The number of carbonyl (C=O) groups excluding carboxylic acids is 2. The summed E-state index contributed by atoms with van der Waals surface area (Å²) in [4.78, 5) is 33.1. The van der Waals surface area contributed by atoms with Crippen molar-refractivity contribution >= 4 is 17.7 Å². The Bertz CT molecular complexity index is 481. The van der Waals surface area contributed by atoms with Crippen molar-refractivity contribution in [2.45, 2.75) is 12.8 Å². The highest BCUT2D eigenvalue weighted by atomic mass is 16.5. The van der Waals surface area contributed by atoms with Crippen LogP contribution in [0.15, 0.2) is 12.4 Å². The van der Waals surface area contributed by atoms with Gasteiger partial charge < -0.3 is 15.0 Å². The Balaban J connectivity index is 1.97. The summed E-state index contributed by atoms with van der Waals surface area (Å²) in [6.07, 6.45) is 4.55. The number of nitrogens with zero attached hydrogens (tertiary/aromatic N) is 3. The maximum Gasteiger partial charge on any atom is 0.358 e. The van der Waals surface area contributed by atoms with Crippen LogP contribution in [0.1, 0.15) is 23.3 Å². The van der Waals surface area contributed by atoms with E-state index in [1.54, 1.807) is 13.2 Å². The minimum absolute atomic E-state index is 0.0681. The number of aromatic nitrogens is 2. The fraction of sp³-hybridized carbons (Fsp3) is 0.538. The zero-order valence-corrected chi connectivity index (χ0v) is 11.6. The van der Waals surface area contributed by atoms with Gasteiger partial charge in [-0.25, -0.2) is 14.8 Å². The Morgan fingerprint density at radius 1 is 1.30 bits per heavy atom. The van der Waals surface area contributed by atoms with Crippen LogP contribution >= 0.6 is 0 Å². The topological polar surface area (TPSA) is 84.4 Å². The lowest BCUT2D eigenvalue weighted by atomic mass is 9.96. The summed E-state index contributed by atoms with van der Waals surface area (Å²) in [6.45, 7) is 1.51. The molecule has 1 amide bonds. The van der Waals surface area contributed by atoms with E-state index in [1.165, 1.54) is 13.3 Å². The van der Waals surface area contributed by atoms with Crippen LogP contribution < -0.4 is 10.2 Å². The van der Waals surface area contributed by atoms with E-state index >= 15 is 0 Å². The van der Waals surface area contributed by atoms with Gasteiger partial charge in [-0.05, 0) is 12.8 Å². The van der Waals surface area contributed by atoms with Gasteiger partial charge in [0.05, 0.1) is 19.5 Å². The molecule has 1 fully saturated rings. The zero-order chi connectivity index (χ0) is 14.5. The molecule has 0 radical (unpaired) electrons. The zero-order valence-electron chi connectivity index (χ0n) is 11.6. The number of piperidine rings is 1. The first-order valence-corrected chi connectivity index (χ1v) is 6.52. The molecule has 0 aromatic carbocycles. The summed E-state index contributed by atoms with van der Waals surface area (Å²) in [5, 5.41) is 2.68. The Kier molecular flexibility index (Phi) is 4.49. The third kappa shape index (κ3) is 3.04. The number of esters is 1. The van der Waals surface area contributed by atoms with Crippen LogP contribution in [0.5, 0.6) is 0 Å². The first-order chi connectivity index (χ1) is 9.65. The molecule has 1 aromatic rings. The van der Waals surface area contributed by atoms with Gasteiger partial charge >= 0.3 is 5.97 Å². The van der Waals surface area contributed by atoms with E-state index in [-0.39, 0.29) is 17.5 Å². The quantitative estimate of drug-likeness (QED) is 0.797. The van der Waals surface area contributed by atoms with Crippen molar-refractivity contribution in [2.24, 2.45) is 5.92 Å². The number of anilines is 1. The maximum absolute atomic E-state index is 11.6. The molecule has 0 atom stereocenters. The van der Waals surface area contributed by atoms with E-state index in [2.05, 4.69) is 24.9 Å². The molecular weight excluding hydrogens is 260 g/mol. The summed E-state index contributed by atoms with van der Waals surface area (Å²) in [6, 6.07) is 0. The minimum atomic E-state index is -0.498. The molecule has 0 spiro atoms. The van der Waals surface area contributed by atoms with Crippen LogP contribution in [0.4, 0.5) is 5.82 Å². The third-order valence-corrected chi connectivity index (χ3v) is 3.47. The highest BCUT2D eigenvalue weighted by Crippen LogP contribution is 2.21. The Morgan fingerprint density at radius 3 is 2.50 bits per heavy atom. The van der Waals surface area contributed by atoms with Gasteiger partial charge in [-0.1, -0.05) is 0 Å². The molecule has 0 bridgehead atoms. The van der Waals surface area contributed by atoms with Gasteiger partial charge in [0.25, 0.3) is 0 Å². The number of hydrogen-bond acceptors (Lipinski definition) is 6. The van der Waals surface area contributed by atoms with Crippen molar-refractivity contribution in [3.63, 3.8) is 0 Å². The van der Waals surface area contributed by atoms with Crippen molar-refractivity contribution in [3.8, 4) is 0 Å². The Hall–Kier alpha value is -2.18. The lowest BCUT2D eigenvalue weighted by Gasteiger charge is -2.31. The number of ether oxygens (including phenoxy) is 1. The van der Waals surface area contributed by atoms with Crippen LogP contribution in [-0.2, 0) is 9.53 Å². The van der Waals surface area contributed by atoms with E-state index in [1.807, 2.05) is 0 Å². The lowest BCUT2D eigenvalue weighted by Crippen LogP contribution is -2.40. The average Bonchev–Trinajstić information content (AvgIpc) is 2.53. The highest BCUT2D eigenvalue weighted by molar-refractivity contribution is 5.86. The van der Waals surface area contributed by atoms with E-state index in [4.69, 9.17) is 0 Å². The van der Waals surface area contributed by atoms with Gasteiger partial charge in [0.2, 0.25) is 5.91 Å². The predicted octanol–water partition coefficient (Wildman–Crippen LogP) is 0.226. The SMILES string of the molecule is CNC(=O)C1CCN(c2cnc(C(=O)OC)cn2)CC1. The molecule has 7 heteroatoms. The Labute approximate surface area is 117 Å². The molecule has 1 N–H and O–H groups in total. The lowest BCUT2D eigenvalue weighted by molar-refractivity contribution is -0.125. The van der Waals surface area contributed by atoms with Crippen molar-refractivity contribution in [3.05, 3.63) is 18.1 Å². The fourth-order valence-corrected chi connectivity index (χ4v) is 2.27. The second kappa shape index (κ2) is 6.31. The number of nitrogens with one attached hydrogen (secondary N) is 1. The highest BCUT2D eigenvalue weighted by Gasteiger charge is 2.25. The van der Waals surface area contributed by atoms with Crippen LogP contribution in [0.3, 0.4) is 0 Å². The van der Waals surface area contributed by atoms with Gasteiger partial charge in [0, 0.05) is 26.1 Å². The van der Waals surface area contributed by atoms with E-state index in [9.17, 15) is 9.59 Å². The maximum atomic E-state index is 11.6. The molecular formula is C13H18N4O3. The molecule has 1 aliphatic rings. The summed E-state index contributed by atoms with van der Waals surface area (Å²) >= 11 is 0. The molecule has 0 saturated carbocycles. The summed E-state index contributed by atoms with van der Waals surface area (Å²) < 4.78 is 4.57. The fourth-order valence-electron chi connectivity index (χ4n) is 2.27. The number of rotatable bonds is 3. The molecule has 0 aliphatic carbocycles. The monoisotopic (exact) mass is 278 g/mol. The predicted molar refractivity (Wildman–Crippen MR) is 72.4 cm³/mol. The second-order valence-electron chi connectivity index (χ2n) is 4.63. The number of carbonyl (C=O) groups is 2. The first-order valence-electron chi connectivity index (χ1n) is 6.52. The first kappa shape index (κ1) is 14.2. The molecule has 2 heterocycles. The number of methoxy groups -OCH3 is 1. The molecule has 1 aromatic heterocycles. The summed E-state index contributed by atoms with van der Waals surface area (Å²) in [5.74, 6) is 0.380. The molecule has 2 rings (SSSR count). The third-order valence-electron chi connectivity index (χ3n) is 3.47. The average molecular weight is 278 g/mol.